The van der Waals surface area contributed by atoms with Gasteiger partial charge in [-0.05, 0) is 12.8 Å². The van der Waals surface area contributed by atoms with Gasteiger partial charge in [-0.25, -0.2) is 8.42 Å². The molecule has 7 heteroatoms. The van der Waals surface area contributed by atoms with Gasteiger partial charge in [0.15, 0.2) is 0 Å². The van der Waals surface area contributed by atoms with E-state index < -0.39 is 15.6 Å². The Morgan fingerprint density at radius 2 is 2.06 bits per heavy atom. The van der Waals surface area contributed by atoms with Gasteiger partial charge in [0.05, 0.1) is 18.4 Å². The van der Waals surface area contributed by atoms with Crippen LogP contribution in [0.5, 0.6) is 0 Å². The molecule has 1 atom stereocenters. The normalized spacial score (nSPS) is 25.3. The molecule has 1 amide bonds. The Balaban J connectivity index is 3.02. The lowest BCUT2D eigenvalue weighted by Gasteiger charge is -2.36. The van der Waals surface area contributed by atoms with Crippen LogP contribution in [0.15, 0.2) is 0 Å². The highest BCUT2D eigenvalue weighted by Crippen LogP contribution is 2.35. The zero-order valence-corrected chi connectivity index (χ0v) is 12.3. The summed E-state index contributed by atoms with van der Waals surface area (Å²) in [6.07, 6.45) is 2.77. The molecule has 0 aromatic carbocycles. The molecule has 6 nitrogen and oxygen atoms in total. The smallest absolute Gasteiger partial charge is 0.224 e. The molecule has 0 bridgehead atoms. The summed E-state index contributed by atoms with van der Waals surface area (Å²) in [7, 11) is 1.55. The van der Waals surface area contributed by atoms with Crippen molar-refractivity contribution in [3.63, 3.8) is 0 Å². The monoisotopic (exact) mass is 278 g/mol. The van der Waals surface area contributed by atoms with Crippen LogP contribution in [0, 0.1) is 0 Å². The highest BCUT2D eigenvalue weighted by molar-refractivity contribution is 7.88. The van der Waals surface area contributed by atoms with E-state index in [0.717, 1.165) is 6.42 Å². The molecule has 0 aliphatic carbocycles. The maximum absolute atomic E-state index is 11.9. The van der Waals surface area contributed by atoms with Gasteiger partial charge in [-0.2, -0.15) is 4.31 Å². The van der Waals surface area contributed by atoms with Crippen molar-refractivity contribution >= 4 is 15.9 Å². The lowest BCUT2D eigenvalue weighted by atomic mass is 9.93. The zero-order chi connectivity index (χ0) is 14.0. The van der Waals surface area contributed by atoms with Crippen molar-refractivity contribution in [2.45, 2.75) is 24.8 Å². The first kappa shape index (κ1) is 15.4. The number of rotatable bonds is 5. The van der Waals surface area contributed by atoms with E-state index in [9.17, 15) is 13.2 Å². The van der Waals surface area contributed by atoms with E-state index in [-0.39, 0.29) is 18.9 Å². The van der Waals surface area contributed by atoms with Crippen LogP contribution in [-0.4, -0.2) is 69.7 Å². The fraction of sp³-hybridized carbons (Fsp3) is 0.909. The number of carbonyl (C=O) groups excluding carboxylic acids is 1. The lowest BCUT2D eigenvalue weighted by Crippen LogP contribution is -2.52. The minimum atomic E-state index is -3.32. The van der Waals surface area contributed by atoms with Crippen molar-refractivity contribution in [2.75, 3.05) is 40.6 Å². The van der Waals surface area contributed by atoms with E-state index >= 15 is 0 Å². The molecule has 106 valence electrons. The Morgan fingerprint density at radius 3 is 2.50 bits per heavy atom. The predicted molar refractivity (Wildman–Crippen MR) is 68.7 cm³/mol. The van der Waals surface area contributed by atoms with E-state index in [2.05, 4.69) is 0 Å². The Labute approximate surface area is 109 Å². The molecule has 0 saturated carbocycles. The lowest BCUT2D eigenvalue weighted by molar-refractivity contribution is -0.131. The van der Waals surface area contributed by atoms with Crippen molar-refractivity contribution in [3.05, 3.63) is 0 Å². The second-order valence-electron chi connectivity index (χ2n) is 5.06. The van der Waals surface area contributed by atoms with Crippen molar-refractivity contribution in [3.8, 4) is 0 Å². The first-order valence-corrected chi connectivity index (χ1v) is 7.75. The van der Waals surface area contributed by atoms with Crippen molar-refractivity contribution in [2.24, 2.45) is 0 Å². The molecule has 1 fully saturated rings. The zero-order valence-electron chi connectivity index (χ0n) is 11.5. The number of nitrogens with zero attached hydrogens (tertiary/aromatic N) is 2. The molecule has 1 rings (SSSR count). The third-order valence-corrected chi connectivity index (χ3v) is 4.70. The fourth-order valence-corrected chi connectivity index (χ4v) is 3.88. The van der Waals surface area contributed by atoms with E-state index in [0.29, 0.717) is 13.0 Å². The van der Waals surface area contributed by atoms with Gasteiger partial charge in [0.2, 0.25) is 15.9 Å². The number of sulfonamides is 1. The van der Waals surface area contributed by atoms with Gasteiger partial charge in [-0.3, -0.25) is 4.79 Å². The van der Waals surface area contributed by atoms with Gasteiger partial charge in [0.25, 0.3) is 0 Å². The molecular weight excluding hydrogens is 256 g/mol. The number of hydrogen-bond acceptors (Lipinski definition) is 4. The summed E-state index contributed by atoms with van der Waals surface area (Å²) in [5.41, 5.74) is -0.719. The third-order valence-electron chi connectivity index (χ3n) is 3.32. The first-order chi connectivity index (χ1) is 8.23. The molecule has 0 aromatic rings. The van der Waals surface area contributed by atoms with Crippen LogP contribution in [-0.2, 0) is 19.6 Å². The van der Waals surface area contributed by atoms with Crippen LogP contribution in [0.1, 0.15) is 19.3 Å². The van der Waals surface area contributed by atoms with Gasteiger partial charge in [-0.1, -0.05) is 0 Å². The molecule has 1 saturated heterocycles. The van der Waals surface area contributed by atoms with Crippen molar-refractivity contribution < 1.29 is 17.9 Å². The summed E-state index contributed by atoms with van der Waals surface area (Å²) in [6, 6.07) is 0. The third kappa shape index (κ3) is 3.21. The van der Waals surface area contributed by atoms with Crippen molar-refractivity contribution in [1.82, 2.24) is 9.21 Å². The number of amides is 1. The molecule has 0 aromatic heterocycles. The summed E-state index contributed by atoms with van der Waals surface area (Å²) in [4.78, 5) is 13.4. The maximum Gasteiger partial charge on any atom is 0.224 e. The Morgan fingerprint density at radius 1 is 1.44 bits per heavy atom. The second kappa shape index (κ2) is 5.54. The topological polar surface area (TPSA) is 66.9 Å². The Hall–Kier alpha value is -0.660. The molecule has 1 aliphatic rings. The number of methoxy groups -OCH3 is 1. The highest BCUT2D eigenvalue weighted by Gasteiger charge is 2.47. The maximum atomic E-state index is 11.9. The standard InChI is InChI=1S/C11H22N2O4S/c1-12(2)10(14)8-11(9-17-3)6-5-7-13(11)18(4,15)16/h5-9H2,1-4H3/t11-/m1/s1. The largest absolute Gasteiger partial charge is 0.383 e. The molecule has 0 radical (unpaired) electrons. The van der Waals surface area contributed by atoms with Crippen LogP contribution in [0.25, 0.3) is 0 Å². The second-order valence-corrected chi connectivity index (χ2v) is 6.97. The molecule has 1 aliphatic heterocycles. The Bertz CT molecular complexity index is 407. The van der Waals surface area contributed by atoms with Gasteiger partial charge >= 0.3 is 0 Å². The minimum Gasteiger partial charge on any atom is -0.383 e. The molecular formula is C11H22N2O4S. The number of ether oxygens (including phenoxy) is 1. The molecule has 0 spiro atoms. The number of carbonyl (C=O) groups is 1. The minimum absolute atomic E-state index is 0.0809. The van der Waals surface area contributed by atoms with E-state index in [1.807, 2.05) is 0 Å². The summed E-state index contributed by atoms with van der Waals surface area (Å²) >= 11 is 0. The van der Waals surface area contributed by atoms with Crippen LogP contribution in [0.3, 0.4) is 0 Å². The molecule has 0 unspecified atom stereocenters. The quantitative estimate of drug-likeness (QED) is 0.704. The van der Waals surface area contributed by atoms with E-state index in [1.54, 1.807) is 14.1 Å². The number of hydrogen-bond donors (Lipinski definition) is 0. The molecule has 1 heterocycles. The summed E-state index contributed by atoms with van der Waals surface area (Å²) in [5.74, 6) is -0.0809. The van der Waals surface area contributed by atoms with Gasteiger partial charge < -0.3 is 9.64 Å². The van der Waals surface area contributed by atoms with E-state index in [4.69, 9.17) is 4.74 Å². The summed E-state index contributed by atoms with van der Waals surface area (Å²) in [6.45, 7) is 0.711. The molecule has 18 heavy (non-hydrogen) atoms. The van der Waals surface area contributed by atoms with E-state index in [1.165, 1.54) is 22.6 Å². The first-order valence-electron chi connectivity index (χ1n) is 5.90. The van der Waals surface area contributed by atoms with Gasteiger partial charge in [-0.15, -0.1) is 0 Å². The fourth-order valence-electron chi connectivity index (χ4n) is 2.51. The van der Waals surface area contributed by atoms with Gasteiger partial charge in [0.1, 0.15) is 0 Å². The SMILES string of the molecule is COC[C@]1(CC(=O)N(C)C)CCCN1S(C)(=O)=O. The van der Waals surface area contributed by atoms with Gasteiger partial charge in [0, 0.05) is 34.2 Å². The van der Waals surface area contributed by atoms with Crippen LogP contribution in [0.2, 0.25) is 0 Å². The summed E-state index contributed by atoms with van der Waals surface area (Å²) < 4.78 is 30.2. The van der Waals surface area contributed by atoms with Crippen LogP contribution < -0.4 is 0 Å². The summed E-state index contributed by atoms with van der Waals surface area (Å²) in [5, 5.41) is 0. The highest BCUT2D eigenvalue weighted by atomic mass is 32.2. The van der Waals surface area contributed by atoms with Crippen molar-refractivity contribution in [1.29, 1.82) is 0 Å². The van der Waals surface area contributed by atoms with Crippen LogP contribution in [0.4, 0.5) is 0 Å². The average molecular weight is 278 g/mol. The predicted octanol–water partition coefficient (Wildman–Crippen LogP) is -0.0947. The van der Waals surface area contributed by atoms with Crippen LogP contribution >= 0.6 is 0 Å². The molecule has 0 N–H and O–H groups in total. The average Bonchev–Trinajstić information content (AvgIpc) is 2.61. The Kier molecular flexibility index (Phi) is 4.74.